The third kappa shape index (κ3) is 4.06. The zero-order valence-corrected chi connectivity index (χ0v) is 18.6. The summed E-state index contributed by atoms with van der Waals surface area (Å²) >= 11 is 0. The molecule has 0 radical (unpaired) electrons. The maximum absolute atomic E-state index is 13.5. The molecule has 3 aromatic carbocycles. The van der Waals surface area contributed by atoms with Gasteiger partial charge in [0.15, 0.2) is 5.58 Å². The summed E-state index contributed by atoms with van der Waals surface area (Å²) in [6.45, 7) is 2.66. The summed E-state index contributed by atoms with van der Waals surface area (Å²) in [5, 5.41) is 0. The molecule has 0 aliphatic carbocycles. The Morgan fingerprint density at radius 3 is 2.59 bits per heavy atom. The average Bonchev–Trinajstić information content (AvgIpc) is 3.49. The lowest BCUT2D eigenvalue weighted by Gasteiger charge is -2.22. The fraction of sp³-hybridized carbons (Fsp3) is 0.259. The number of benzene rings is 3. The third-order valence-electron chi connectivity index (χ3n) is 6.36. The molecule has 1 saturated heterocycles. The molecule has 0 saturated carbocycles. The molecular formula is C27H23F3N2O2. The minimum atomic E-state index is -4.46. The van der Waals surface area contributed by atoms with Crippen LogP contribution in [0.2, 0.25) is 0 Å². The van der Waals surface area contributed by atoms with Gasteiger partial charge in [0.1, 0.15) is 11.6 Å². The number of aryl methyl sites for hydroxylation is 1. The van der Waals surface area contributed by atoms with Gasteiger partial charge in [-0.1, -0.05) is 43.3 Å². The van der Waals surface area contributed by atoms with E-state index in [2.05, 4.69) is 11.9 Å². The molecule has 0 bridgehead atoms. The van der Waals surface area contributed by atoms with E-state index in [1.165, 1.54) is 12.1 Å². The molecule has 1 amide bonds. The molecule has 1 aromatic heterocycles. The normalized spacial score (nSPS) is 16.4. The molecule has 5 rings (SSSR count). The van der Waals surface area contributed by atoms with Gasteiger partial charge in [-0.3, -0.25) is 4.79 Å². The second kappa shape index (κ2) is 8.63. The maximum atomic E-state index is 13.5. The lowest BCUT2D eigenvalue weighted by atomic mass is 9.99. The van der Waals surface area contributed by atoms with Crippen molar-refractivity contribution in [1.82, 2.24) is 9.88 Å². The van der Waals surface area contributed by atoms with E-state index in [0.29, 0.717) is 34.7 Å². The molecule has 1 atom stereocenters. The van der Waals surface area contributed by atoms with Gasteiger partial charge in [0.05, 0.1) is 5.56 Å². The van der Waals surface area contributed by atoms with Crippen molar-refractivity contribution in [1.29, 1.82) is 0 Å². The first-order valence-electron chi connectivity index (χ1n) is 11.3. The second-order valence-electron chi connectivity index (χ2n) is 8.48. The number of nitrogens with zero attached hydrogens (tertiary/aromatic N) is 2. The van der Waals surface area contributed by atoms with Crippen LogP contribution < -0.4 is 0 Å². The fourth-order valence-corrected chi connectivity index (χ4v) is 4.55. The summed E-state index contributed by atoms with van der Waals surface area (Å²) < 4.78 is 46.4. The Labute approximate surface area is 195 Å². The molecule has 1 aliphatic rings. The van der Waals surface area contributed by atoms with Crippen molar-refractivity contribution in [3.63, 3.8) is 0 Å². The topological polar surface area (TPSA) is 46.3 Å². The fourth-order valence-electron chi connectivity index (χ4n) is 4.55. The Morgan fingerprint density at radius 2 is 1.85 bits per heavy atom. The highest BCUT2D eigenvalue weighted by Crippen LogP contribution is 2.39. The zero-order valence-electron chi connectivity index (χ0n) is 18.6. The summed E-state index contributed by atoms with van der Waals surface area (Å²) in [5.74, 6) is 0.333. The zero-order chi connectivity index (χ0) is 23.9. The predicted octanol–water partition coefficient (Wildman–Crippen LogP) is 7.05. The van der Waals surface area contributed by atoms with Gasteiger partial charge in [-0.2, -0.15) is 13.2 Å². The van der Waals surface area contributed by atoms with Gasteiger partial charge in [-0.15, -0.1) is 0 Å². The number of hydrogen-bond acceptors (Lipinski definition) is 3. The van der Waals surface area contributed by atoms with E-state index in [1.807, 2.05) is 24.3 Å². The molecule has 0 N–H and O–H groups in total. The van der Waals surface area contributed by atoms with Crippen LogP contribution in [0.5, 0.6) is 0 Å². The molecule has 2 heterocycles. The summed E-state index contributed by atoms with van der Waals surface area (Å²) in [7, 11) is 0. The monoisotopic (exact) mass is 464 g/mol. The van der Waals surface area contributed by atoms with Crippen molar-refractivity contribution in [2.75, 3.05) is 6.54 Å². The summed E-state index contributed by atoms with van der Waals surface area (Å²) in [6.07, 6.45) is -2.01. The van der Waals surface area contributed by atoms with Crippen LogP contribution in [0.1, 0.15) is 53.2 Å². The molecule has 7 heteroatoms. The number of oxazole rings is 1. The summed E-state index contributed by atoms with van der Waals surface area (Å²) in [5.41, 5.74) is 2.54. The molecule has 4 aromatic rings. The first kappa shape index (κ1) is 22.2. The Bertz CT molecular complexity index is 1340. The first-order valence-corrected chi connectivity index (χ1v) is 11.3. The lowest BCUT2D eigenvalue weighted by Crippen LogP contribution is -2.30. The number of halogens is 3. The molecule has 1 unspecified atom stereocenters. The summed E-state index contributed by atoms with van der Waals surface area (Å²) in [4.78, 5) is 19.5. The highest BCUT2D eigenvalue weighted by molar-refractivity contribution is 5.94. The van der Waals surface area contributed by atoms with Crippen molar-refractivity contribution in [2.24, 2.45) is 0 Å². The third-order valence-corrected chi connectivity index (χ3v) is 6.36. The van der Waals surface area contributed by atoms with Crippen LogP contribution in [0.15, 0.2) is 71.1 Å². The van der Waals surface area contributed by atoms with E-state index >= 15 is 0 Å². The number of fused-ring (bicyclic) bond motifs is 1. The highest BCUT2D eigenvalue weighted by atomic mass is 19.4. The van der Waals surface area contributed by atoms with Crippen molar-refractivity contribution in [3.8, 4) is 11.1 Å². The Kier molecular flexibility index (Phi) is 5.63. The molecule has 4 nitrogen and oxygen atoms in total. The van der Waals surface area contributed by atoms with Crippen molar-refractivity contribution >= 4 is 17.0 Å². The van der Waals surface area contributed by atoms with Gasteiger partial charge in [0, 0.05) is 12.1 Å². The quantitative estimate of drug-likeness (QED) is 0.325. The number of rotatable bonds is 4. The smallest absolute Gasteiger partial charge is 0.417 e. The van der Waals surface area contributed by atoms with Crippen molar-refractivity contribution in [3.05, 3.63) is 89.3 Å². The average molecular weight is 464 g/mol. The molecule has 0 spiro atoms. The lowest BCUT2D eigenvalue weighted by molar-refractivity contribution is -0.137. The number of alkyl halides is 3. The molecule has 174 valence electrons. The Hall–Kier alpha value is -3.61. The van der Waals surface area contributed by atoms with Gasteiger partial charge in [-0.05, 0) is 66.3 Å². The van der Waals surface area contributed by atoms with Crippen LogP contribution in [-0.4, -0.2) is 22.3 Å². The molecule has 34 heavy (non-hydrogen) atoms. The maximum Gasteiger partial charge on any atom is 0.417 e. The SMILES string of the molecule is CCc1ccc(C(=O)N2CCCC2c2nc3cc(-c4ccccc4C(F)(F)F)ccc3o2)cc1. The van der Waals surface area contributed by atoms with Crippen molar-refractivity contribution < 1.29 is 22.4 Å². The summed E-state index contributed by atoms with van der Waals surface area (Å²) in [6, 6.07) is 17.6. The van der Waals surface area contributed by atoms with E-state index in [-0.39, 0.29) is 17.5 Å². The molecular weight excluding hydrogens is 441 g/mol. The van der Waals surface area contributed by atoms with Crippen molar-refractivity contribution in [2.45, 2.75) is 38.4 Å². The molecule has 1 fully saturated rings. The van der Waals surface area contributed by atoms with Gasteiger partial charge in [-0.25, -0.2) is 4.98 Å². The van der Waals surface area contributed by atoms with Crippen LogP contribution in [-0.2, 0) is 12.6 Å². The predicted molar refractivity (Wildman–Crippen MR) is 123 cm³/mol. The van der Waals surface area contributed by atoms with Gasteiger partial charge < -0.3 is 9.32 Å². The van der Waals surface area contributed by atoms with Crippen LogP contribution in [0.4, 0.5) is 13.2 Å². The Morgan fingerprint density at radius 1 is 1.09 bits per heavy atom. The van der Waals surface area contributed by atoms with Crippen LogP contribution >= 0.6 is 0 Å². The Balaban J connectivity index is 1.46. The van der Waals surface area contributed by atoms with E-state index in [4.69, 9.17) is 4.42 Å². The standard InChI is InChI=1S/C27H23F3N2O2/c1-2-17-9-11-18(12-10-17)26(33)32-15-5-8-23(32)25-31-22-16-19(13-14-24(22)34-25)20-6-3-4-7-21(20)27(28,29)30/h3-4,6-7,9-14,16,23H,2,5,8,15H2,1H3. The number of hydrogen-bond donors (Lipinski definition) is 0. The number of amides is 1. The van der Waals surface area contributed by atoms with E-state index in [9.17, 15) is 18.0 Å². The van der Waals surface area contributed by atoms with Gasteiger partial charge in [0.25, 0.3) is 5.91 Å². The minimum absolute atomic E-state index is 0.0767. The van der Waals surface area contributed by atoms with Crippen LogP contribution in [0.25, 0.3) is 22.2 Å². The minimum Gasteiger partial charge on any atom is -0.438 e. The van der Waals surface area contributed by atoms with Gasteiger partial charge >= 0.3 is 6.18 Å². The number of carbonyl (C=O) groups excluding carboxylic acids is 1. The van der Waals surface area contributed by atoms with Crippen LogP contribution in [0.3, 0.4) is 0 Å². The second-order valence-corrected chi connectivity index (χ2v) is 8.48. The van der Waals surface area contributed by atoms with E-state index < -0.39 is 11.7 Å². The first-order chi connectivity index (χ1) is 16.3. The number of carbonyl (C=O) groups is 1. The largest absolute Gasteiger partial charge is 0.438 e. The highest BCUT2D eigenvalue weighted by Gasteiger charge is 2.35. The number of aromatic nitrogens is 1. The molecule has 1 aliphatic heterocycles. The van der Waals surface area contributed by atoms with E-state index in [0.717, 1.165) is 30.9 Å². The van der Waals surface area contributed by atoms with Gasteiger partial charge in [0.2, 0.25) is 5.89 Å². The van der Waals surface area contributed by atoms with Crippen LogP contribution in [0, 0.1) is 0 Å². The van der Waals surface area contributed by atoms with E-state index in [1.54, 1.807) is 29.2 Å². The number of likely N-dealkylation sites (tertiary alicyclic amines) is 1.